The molecule has 0 fully saturated rings. The normalized spacial score (nSPS) is 17.7. The molecule has 1 aromatic rings. The number of nitrogens with two attached hydrogens (primary N) is 1. The molecule has 0 atom stereocenters. The quantitative estimate of drug-likeness (QED) is 0.752. The van der Waals surface area contributed by atoms with Crippen LogP contribution in [-0.4, -0.2) is 33.9 Å². The zero-order valence-corrected chi connectivity index (χ0v) is 12.9. The van der Waals surface area contributed by atoms with Crippen LogP contribution in [0.3, 0.4) is 0 Å². The highest BCUT2D eigenvalue weighted by atomic mass is 35.5. The number of nitrogens with one attached hydrogen (secondary N) is 1. The van der Waals surface area contributed by atoms with Gasteiger partial charge in [0.2, 0.25) is 10.0 Å². The first-order valence-corrected chi connectivity index (χ1v) is 8.71. The van der Waals surface area contributed by atoms with E-state index in [4.69, 9.17) is 16.7 Å². The van der Waals surface area contributed by atoms with Gasteiger partial charge in [0.1, 0.15) is 16.5 Å². The summed E-state index contributed by atoms with van der Waals surface area (Å²) in [4.78, 5) is 14.5. The lowest BCUT2D eigenvalue weighted by molar-refractivity contribution is -0.165. The van der Waals surface area contributed by atoms with E-state index in [1.165, 1.54) is 0 Å². The largest absolute Gasteiger partial charge is 0.367 e. The Morgan fingerprint density at radius 2 is 2.10 bits per heavy atom. The molecule has 12 heteroatoms. The molecule has 2 rings (SSSR count). The van der Waals surface area contributed by atoms with Gasteiger partial charge in [-0.3, -0.25) is 4.79 Å². The van der Waals surface area contributed by atoms with E-state index >= 15 is 0 Å². The van der Waals surface area contributed by atoms with Crippen LogP contribution in [0.4, 0.5) is 5.69 Å². The fourth-order valence-corrected chi connectivity index (χ4v) is 4.18. The van der Waals surface area contributed by atoms with Crippen molar-refractivity contribution >= 4 is 43.3 Å². The van der Waals surface area contributed by atoms with Crippen molar-refractivity contribution in [1.82, 2.24) is 4.47 Å². The van der Waals surface area contributed by atoms with E-state index in [9.17, 15) is 21.6 Å². The van der Waals surface area contributed by atoms with Crippen molar-refractivity contribution in [2.45, 2.75) is 16.7 Å². The molecule has 1 aromatic carbocycles. The molecule has 0 radical (unpaired) electrons. The van der Waals surface area contributed by atoms with Gasteiger partial charge in [-0.05, 0) is 16.6 Å². The highest BCUT2D eigenvalue weighted by molar-refractivity contribution is 7.90. The van der Waals surface area contributed by atoms with Gasteiger partial charge in [-0.2, -0.15) is 0 Å². The van der Waals surface area contributed by atoms with Crippen LogP contribution in [0, 0.1) is 0 Å². The second-order valence-corrected chi connectivity index (χ2v) is 7.78. The third-order valence-corrected chi connectivity index (χ3v) is 5.52. The van der Waals surface area contributed by atoms with E-state index in [1.54, 1.807) is 0 Å². The molecule has 0 spiro atoms. The number of sulfonamides is 2. The Bertz CT molecular complexity index is 820. The molecule has 0 saturated heterocycles. The van der Waals surface area contributed by atoms with E-state index < -0.39 is 35.8 Å². The van der Waals surface area contributed by atoms with Gasteiger partial charge in [0.15, 0.2) is 0 Å². The minimum atomic E-state index is -4.23. The molecule has 1 aliphatic rings. The summed E-state index contributed by atoms with van der Waals surface area (Å²) in [5.41, 5.74) is 0.0794. The van der Waals surface area contributed by atoms with Crippen molar-refractivity contribution in [3.63, 3.8) is 0 Å². The lowest BCUT2D eigenvalue weighted by Crippen LogP contribution is -2.40. The molecule has 3 N–H and O–H groups in total. The smallest absolute Gasteiger partial charge is 0.323 e. The molecule has 1 aliphatic heterocycles. The van der Waals surface area contributed by atoms with Crippen LogP contribution in [-0.2, 0) is 29.7 Å². The first-order valence-electron chi connectivity index (χ1n) is 5.35. The lowest BCUT2D eigenvalue weighted by atomic mass is 10.3. The van der Waals surface area contributed by atoms with Gasteiger partial charge >= 0.3 is 5.97 Å². The molecule has 0 bridgehead atoms. The molecule has 0 unspecified atom stereocenters. The number of hydrogen-bond acceptors (Lipinski definition) is 7. The first kappa shape index (κ1) is 16.0. The van der Waals surface area contributed by atoms with Crippen molar-refractivity contribution in [2.24, 2.45) is 5.14 Å². The van der Waals surface area contributed by atoms with Gasteiger partial charge in [0.25, 0.3) is 10.0 Å². The van der Waals surface area contributed by atoms with E-state index in [2.05, 4.69) is 10.2 Å². The number of hydrogen-bond donors (Lipinski definition) is 2. The van der Waals surface area contributed by atoms with Gasteiger partial charge in [0.05, 0.1) is 10.7 Å². The van der Waals surface area contributed by atoms with Gasteiger partial charge in [-0.15, -0.1) is 0 Å². The van der Waals surface area contributed by atoms with Crippen molar-refractivity contribution in [2.75, 3.05) is 12.0 Å². The average molecular weight is 356 g/mol. The summed E-state index contributed by atoms with van der Waals surface area (Å²) in [5.74, 6) is -0.843. The number of nitrogens with zero attached hydrogens (tertiary/aromatic N) is 1. The summed E-state index contributed by atoms with van der Waals surface area (Å²) >= 11 is 5.77. The van der Waals surface area contributed by atoms with Crippen LogP contribution in [0.15, 0.2) is 21.9 Å². The number of carbonyl (C=O) groups excluding carboxylic acids is 1. The summed E-state index contributed by atoms with van der Waals surface area (Å²) in [6, 6.07) is 1.93. The number of fused-ring (bicyclic) bond motifs is 1. The molecule has 0 aromatic heterocycles. The third kappa shape index (κ3) is 2.96. The van der Waals surface area contributed by atoms with E-state index in [0.717, 1.165) is 19.1 Å². The lowest BCUT2D eigenvalue weighted by Gasteiger charge is -2.27. The molecule has 21 heavy (non-hydrogen) atoms. The summed E-state index contributed by atoms with van der Waals surface area (Å²) in [7, 11) is -8.44. The molecule has 0 amide bonds. The Morgan fingerprint density at radius 3 is 2.62 bits per heavy atom. The maximum Gasteiger partial charge on any atom is 0.323 e. The van der Waals surface area contributed by atoms with Crippen LogP contribution >= 0.6 is 11.6 Å². The molecular formula is C9H10ClN3O6S2. The van der Waals surface area contributed by atoms with E-state index in [-0.39, 0.29) is 17.4 Å². The van der Waals surface area contributed by atoms with E-state index in [0.29, 0.717) is 4.47 Å². The Hall–Kier alpha value is -1.40. The standard InChI is InChI=1S/C9H10ClN3O6S2/c1-5(14)19-13-4-12-7-2-6(10)8(20(11,15)16)3-9(7)21(13,17)18/h2-3,12H,4H2,1H3,(H2,11,15,16). The predicted molar refractivity (Wildman–Crippen MR) is 72.1 cm³/mol. The maximum atomic E-state index is 12.3. The highest BCUT2D eigenvalue weighted by Gasteiger charge is 2.36. The second kappa shape index (κ2) is 5.10. The number of halogens is 1. The fourth-order valence-electron chi connectivity index (χ4n) is 1.67. The molecule has 0 aliphatic carbocycles. The second-order valence-electron chi connectivity index (χ2n) is 4.05. The van der Waals surface area contributed by atoms with Gasteiger partial charge in [-0.25, -0.2) is 22.0 Å². The van der Waals surface area contributed by atoms with Crippen LogP contribution in [0.5, 0.6) is 0 Å². The number of rotatable bonds is 2. The highest BCUT2D eigenvalue weighted by Crippen LogP contribution is 2.35. The monoisotopic (exact) mass is 355 g/mol. The summed E-state index contributed by atoms with van der Waals surface area (Å²) in [5, 5.41) is 7.39. The molecule has 116 valence electrons. The summed E-state index contributed by atoms with van der Waals surface area (Å²) in [6.07, 6.45) is 0. The van der Waals surface area contributed by atoms with Crippen molar-refractivity contribution in [3.8, 4) is 0 Å². The number of primary sulfonamides is 1. The van der Waals surface area contributed by atoms with Gasteiger partial charge < -0.3 is 10.2 Å². The summed E-state index contributed by atoms with van der Waals surface area (Å²) < 4.78 is 47.7. The van der Waals surface area contributed by atoms with Gasteiger partial charge in [-0.1, -0.05) is 11.6 Å². The Labute approximate surface area is 125 Å². The Balaban J connectivity index is 2.64. The Morgan fingerprint density at radius 1 is 1.48 bits per heavy atom. The van der Waals surface area contributed by atoms with Crippen molar-refractivity contribution in [1.29, 1.82) is 0 Å². The van der Waals surface area contributed by atoms with Crippen LogP contribution in [0.1, 0.15) is 6.92 Å². The van der Waals surface area contributed by atoms with Crippen LogP contribution in [0.2, 0.25) is 5.02 Å². The topological polar surface area (TPSA) is 136 Å². The zero-order valence-electron chi connectivity index (χ0n) is 10.5. The molecule has 9 nitrogen and oxygen atoms in total. The number of hydroxylamine groups is 1. The fraction of sp³-hybridized carbons (Fsp3) is 0.222. The molecular weight excluding hydrogens is 346 g/mol. The molecule has 0 saturated carbocycles. The maximum absolute atomic E-state index is 12.3. The minimum Gasteiger partial charge on any atom is -0.367 e. The SMILES string of the molecule is CC(=O)ON1CNc2cc(Cl)c(S(N)(=O)=O)cc2S1(=O)=O. The van der Waals surface area contributed by atoms with Crippen LogP contribution < -0.4 is 10.5 Å². The minimum absolute atomic E-state index is 0.0794. The average Bonchev–Trinajstić information content (AvgIpc) is 2.30. The first-order chi connectivity index (χ1) is 9.53. The third-order valence-electron chi connectivity index (χ3n) is 2.52. The zero-order chi connectivity index (χ0) is 16.0. The number of carbonyl (C=O) groups is 1. The van der Waals surface area contributed by atoms with E-state index in [1.807, 2.05) is 0 Å². The number of benzene rings is 1. The van der Waals surface area contributed by atoms with Crippen molar-refractivity contribution < 1.29 is 26.5 Å². The summed E-state index contributed by atoms with van der Waals surface area (Å²) in [6.45, 7) is 0.697. The van der Waals surface area contributed by atoms with Crippen LogP contribution in [0.25, 0.3) is 0 Å². The predicted octanol–water partition coefficient (Wildman–Crippen LogP) is -0.161. The van der Waals surface area contributed by atoms with Gasteiger partial charge in [0, 0.05) is 6.92 Å². The number of anilines is 1. The van der Waals surface area contributed by atoms with Crippen molar-refractivity contribution in [3.05, 3.63) is 17.2 Å². The molecule has 1 heterocycles. The Kier molecular flexibility index (Phi) is 3.88.